The normalized spacial score (nSPS) is 16.9. The van der Waals surface area contributed by atoms with Crippen LogP contribution in [0.25, 0.3) is 12.2 Å². The van der Waals surface area contributed by atoms with Crippen LogP contribution in [0.15, 0.2) is 11.4 Å². The highest BCUT2D eigenvalue weighted by atomic mass is 32.1. The molecule has 0 spiro atoms. The highest BCUT2D eigenvalue weighted by Gasteiger charge is 2.30. The van der Waals surface area contributed by atoms with E-state index in [2.05, 4.69) is 48.2 Å². The molecule has 0 radical (unpaired) electrons. The van der Waals surface area contributed by atoms with Crippen LogP contribution in [0.1, 0.15) is 27.4 Å². The summed E-state index contributed by atoms with van der Waals surface area (Å²) >= 11 is 3.55. The van der Waals surface area contributed by atoms with E-state index in [1.165, 1.54) is 14.9 Å². The molecule has 1 aliphatic heterocycles. The van der Waals surface area contributed by atoms with Gasteiger partial charge < -0.3 is 9.47 Å². The summed E-state index contributed by atoms with van der Waals surface area (Å²) in [7, 11) is -1.42. The Morgan fingerprint density at radius 3 is 2.55 bits per heavy atom. The van der Waals surface area contributed by atoms with Crippen molar-refractivity contribution in [2.45, 2.75) is 32.9 Å². The monoisotopic (exact) mass is 351 g/mol. The van der Waals surface area contributed by atoms with Gasteiger partial charge in [-0.1, -0.05) is 19.6 Å². The summed E-state index contributed by atoms with van der Waals surface area (Å²) in [5.74, 6) is 0. The van der Waals surface area contributed by atoms with E-state index in [1.807, 2.05) is 18.3 Å². The van der Waals surface area contributed by atoms with Gasteiger partial charge in [-0.2, -0.15) is 0 Å². The number of hydrogen-bond acceptors (Lipinski definition) is 5. The minimum absolute atomic E-state index is 0.179. The van der Waals surface area contributed by atoms with E-state index < -0.39 is 8.07 Å². The number of hydrogen-bond donors (Lipinski definition) is 0. The van der Waals surface area contributed by atoms with Gasteiger partial charge in [0, 0.05) is 15.8 Å². The Hall–Kier alpha value is -0.793. The molecule has 0 bridgehead atoms. The minimum Gasteiger partial charge on any atom is -0.346 e. The molecular weight excluding hydrogens is 330 g/mol. The van der Waals surface area contributed by atoms with Gasteiger partial charge in [0.1, 0.15) is 0 Å². The third kappa shape index (κ3) is 3.57. The van der Waals surface area contributed by atoms with Gasteiger partial charge in [-0.15, -0.1) is 22.7 Å². The van der Waals surface area contributed by atoms with Gasteiger partial charge in [0.15, 0.2) is 6.29 Å². The number of thiazole rings is 1. The molecule has 0 atom stereocenters. The molecule has 0 saturated carbocycles. The zero-order valence-electron chi connectivity index (χ0n) is 13.4. The maximum Gasteiger partial charge on any atom is 0.184 e. The van der Waals surface area contributed by atoms with Gasteiger partial charge in [-0.25, -0.2) is 4.98 Å². The average Bonchev–Trinajstić information content (AvgIpc) is 3.15. The van der Waals surface area contributed by atoms with Crippen molar-refractivity contribution in [3.8, 4) is 0 Å². The predicted octanol–water partition coefficient (Wildman–Crippen LogP) is 4.27. The molecule has 3 rings (SSSR count). The Morgan fingerprint density at radius 2 is 1.95 bits per heavy atom. The first-order valence-electron chi connectivity index (χ1n) is 7.41. The number of aromatic nitrogens is 1. The molecule has 0 amide bonds. The summed E-state index contributed by atoms with van der Waals surface area (Å²) < 4.78 is 12.9. The molecule has 2 aromatic rings. The first-order chi connectivity index (χ1) is 10.4. The highest BCUT2D eigenvalue weighted by Crippen LogP contribution is 2.29. The molecule has 0 unspecified atom stereocenters. The summed E-state index contributed by atoms with van der Waals surface area (Å²) in [6, 6.07) is 2.23. The summed E-state index contributed by atoms with van der Waals surface area (Å²) in [5, 5.41) is 3.19. The van der Waals surface area contributed by atoms with Gasteiger partial charge >= 0.3 is 0 Å². The summed E-state index contributed by atoms with van der Waals surface area (Å²) in [5.41, 5.74) is 2.26. The standard InChI is InChI=1S/C16H21NO2S2Si/c1-11-17-12(10-20-11)5-6-13-9-14(15-18-7-8-19-15)16(21-13)22(2,3)4/h5-6,9-10,15H,7-8H2,1-4H3/b6-5+. The molecule has 2 aromatic heterocycles. The zero-order valence-corrected chi connectivity index (χ0v) is 16.0. The molecule has 0 aliphatic carbocycles. The van der Waals surface area contributed by atoms with Crippen molar-refractivity contribution in [1.29, 1.82) is 0 Å². The van der Waals surface area contributed by atoms with Crippen LogP contribution in [0.5, 0.6) is 0 Å². The lowest BCUT2D eigenvalue weighted by Crippen LogP contribution is -2.38. The zero-order chi connectivity index (χ0) is 15.7. The number of thiophene rings is 1. The molecule has 3 nitrogen and oxygen atoms in total. The largest absolute Gasteiger partial charge is 0.346 e. The van der Waals surface area contributed by atoms with Crippen molar-refractivity contribution in [2.24, 2.45) is 0 Å². The lowest BCUT2D eigenvalue weighted by Gasteiger charge is -2.19. The Kier molecular flexibility index (Phi) is 4.66. The van der Waals surface area contributed by atoms with Crippen LogP contribution in [0.2, 0.25) is 19.6 Å². The van der Waals surface area contributed by atoms with E-state index in [4.69, 9.17) is 9.47 Å². The topological polar surface area (TPSA) is 31.4 Å². The van der Waals surface area contributed by atoms with Crippen molar-refractivity contribution in [2.75, 3.05) is 13.2 Å². The summed E-state index contributed by atoms with van der Waals surface area (Å²) in [6.45, 7) is 10.5. The molecule has 1 fully saturated rings. The first kappa shape index (κ1) is 16.1. The molecule has 22 heavy (non-hydrogen) atoms. The first-order valence-corrected chi connectivity index (χ1v) is 12.6. The van der Waals surface area contributed by atoms with Crippen LogP contribution < -0.4 is 4.50 Å². The fourth-order valence-corrected chi connectivity index (χ4v) is 6.48. The van der Waals surface area contributed by atoms with Gasteiger partial charge in [-0.3, -0.25) is 0 Å². The van der Waals surface area contributed by atoms with Crippen LogP contribution in [0, 0.1) is 6.92 Å². The van der Waals surface area contributed by atoms with E-state index in [0.717, 1.165) is 10.7 Å². The SMILES string of the molecule is Cc1nc(/C=C/c2cc(C3OCCO3)c([Si](C)(C)C)s2)cs1. The predicted molar refractivity (Wildman–Crippen MR) is 97.7 cm³/mol. The van der Waals surface area contributed by atoms with Gasteiger partial charge in [0.25, 0.3) is 0 Å². The quantitative estimate of drug-likeness (QED) is 0.771. The fourth-order valence-electron chi connectivity index (χ4n) is 2.43. The van der Waals surface area contributed by atoms with Gasteiger partial charge in [0.05, 0.1) is 32.0 Å². The fraction of sp³-hybridized carbons (Fsp3) is 0.438. The molecule has 1 aliphatic rings. The minimum atomic E-state index is -1.42. The van der Waals surface area contributed by atoms with Crippen LogP contribution in [0.4, 0.5) is 0 Å². The third-order valence-corrected chi connectivity index (χ3v) is 8.91. The molecule has 0 aromatic carbocycles. The molecular formula is C16H21NO2S2Si. The van der Waals surface area contributed by atoms with Crippen LogP contribution in [-0.4, -0.2) is 26.3 Å². The van der Waals surface area contributed by atoms with Crippen molar-refractivity contribution in [1.82, 2.24) is 4.98 Å². The maximum atomic E-state index is 5.73. The third-order valence-electron chi connectivity index (χ3n) is 3.39. The molecule has 6 heteroatoms. The number of ether oxygens (including phenoxy) is 2. The highest BCUT2D eigenvalue weighted by molar-refractivity contribution is 7.27. The van der Waals surface area contributed by atoms with E-state index in [-0.39, 0.29) is 6.29 Å². The van der Waals surface area contributed by atoms with Crippen LogP contribution in [0.3, 0.4) is 0 Å². The van der Waals surface area contributed by atoms with Crippen LogP contribution in [-0.2, 0) is 9.47 Å². The summed E-state index contributed by atoms with van der Waals surface area (Å²) in [6.07, 6.45) is 4.06. The van der Waals surface area contributed by atoms with E-state index in [9.17, 15) is 0 Å². The van der Waals surface area contributed by atoms with Crippen molar-refractivity contribution < 1.29 is 9.47 Å². The smallest absolute Gasteiger partial charge is 0.184 e. The summed E-state index contributed by atoms with van der Waals surface area (Å²) in [4.78, 5) is 5.72. The number of aryl methyl sites for hydroxylation is 1. The molecule has 0 N–H and O–H groups in total. The molecule has 3 heterocycles. The number of nitrogens with zero attached hydrogens (tertiary/aromatic N) is 1. The Labute approximate surface area is 140 Å². The van der Waals surface area contributed by atoms with Crippen molar-refractivity contribution in [3.63, 3.8) is 0 Å². The van der Waals surface area contributed by atoms with Gasteiger partial charge in [0.2, 0.25) is 0 Å². The van der Waals surface area contributed by atoms with E-state index >= 15 is 0 Å². The second-order valence-electron chi connectivity index (χ2n) is 6.38. The van der Waals surface area contributed by atoms with Crippen LogP contribution >= 0.6 is 22.7 Å². The Balaban J connectivity index is 1.90. The average molecular weight is 352 g/mol. The lowest BCUT2D eigenvalue weighted by molar-refractivity contribution is -0.0431. The van der Waals surface area contributed by atoms with Crippen molar-refractivity contribution in [3.05, 3.63) is 32.6 Å². The van der Waals surface area contributed by atoms with Crippen molar-refractivity contribution >= 4 is 47.4 Å². The Bertz CT molecular complexity index is 679. The molecule has 1 saturated heterocycles. The lowest BCUT2D eigenvalue weighted by atomic mass is 10.3. The molecule has 118 valence electrons. The Morgan fingerprint density at radius 1 is 1.23 bits per heavy atom. The van der Waals surface area contributed by atoms with E-state index in [0.29, 0.717) is 13.2 Å². The van der Waals surface area contributed by atoms with E-state index in [1.54, 1.807) is 11.3 Å². The second kappa shape index (κ2) is 6.37. The van der Waals surface area contributed by atoms with Gasteiger partial charge in [-0.05, 0) is 29.6 Å². The second-order valence-corrected chi connectivity index (χ2v) is 13.9. The number of rotatable bonds is 4. The maximum absolute atomic E-state index is 5.73.